The van der Waals surface area contributed by atoms with E-state index in [0.29, 0.717) is 12.6 Å². The number of hydrogen-bond acceptors (Lipinski definition) is 5. The van der Waals surface area contributed by atoms with Gasteiger partial charge in [-0.2, -0.15) is 0 Å². The molecule has 2 heterocycles. The number of aromatic nitrogens is 5. The minimum atomic E-state index is -0.0187. The van der Waals surface area contributed by atoms with Gasteiger partial charge in [-0.3, -0.25) is 9.69 Å². The third-order valence-electron chi connectivity index (χ3n) is 7.76. The Bertz CT molecular complexity index is 1390. The van der Waals surface area contributed by atoms with E-state index in [1.54, 1.807) is 0 Å². The highest BCUT2D eigenvalue weighted by atomic mass is 16.1. The summed E-state index contributed by atoms with van der Waals surface area (Å²) < 4.78 is 2.08. The fraction of sp³-hybridized carbons (Fsp3) is 0.467. The average molecular weight is 499 g/mol. The number of benzene rings is 2. The summed E-state index contributed by atoms with van der Waals surface area (Å²) in [5.41, 5.74) is 5.27. The molecule has 0 amide bonds. The maximum Gasteiger partial charge on any atom is 0.252 e. The summed E-state index contributed by atoms with van der Waals surface area (Å²) in [5.74, 6) is 0.936. The lowest BCUT2D eigenvalue weighted by Crippen LogP contribution is -2.35. The smallest absolute Gasteiger partial charge is 0.252 e. The molecule has 5 rings (SSSR count). The molecule has 1 aliphatic rings. The Hall–Kier alpha value is -3.32. The zero-order valence-corrected chi connectivity index (χ0v) is 22.3. The van der Waals surface area contributed by atoms with Crippen molar-refractivity contribution in [3.63, 3.8) is 0 Å². The molecule has 7 nitrogen and oxygen atoms in total. The summed E-state index contributed by atoms with van der Waals surface area (Å²) in [6, 6.07) is 17.3. The van der Waals surface area contributed by atoms with Gasteiger partial charge in [0.15, 0.2) is 5.82 Å². The monoisotopic (exact) mass is 498 g/mol. The van der Waals surface area contributed by atoms with Crippen LogP contribution in [0.1, 0.15) is 85.6 Å². The summed E-state index contributed by atoms with van der Waals surface area (Å²) in [7, 11) is 0. The van der Waals surface area contributed by atoms with Gasteiger partial charge in [0, 0.05) is 18.7 Å². The quantitative estimate of drug-likeness (QED) is 0.297. The van der Waals surface area contributed by atoms with Gasteiger partial charge in [-0.1, -0.05) is 68.1 Å². The highest BCUT2D eigenvalue weighted by molar-refractivity contribution is 5.82. The van der Waals surface area contributed by atoms with E-state index < -0.39 is 0 Å². The van der Waals surface area contributed by atoms with Crippen molar-refractivity contribution in [2.75, 3.05) is 6.54 Å². The minimum Gasteiger partial charge on any atom is -0.321 e. The van der Waals surface area contributed by atoms with Crippen molar-refractivity contribution in [3.8, 4) is 0 Å². The molecule has 2 aromatic carbocycles. The second-order valence-electron chi connectivity index (χ2n) is 10.6. The number of nitrogens with one attached hydrogen (secondary N) is 1. The maximum absolute atomic E-state index is 13.3. The van der Waals surface area contributed by atoms with Crippen LogP contribution in [0.2, 0.25) is 0 Å². The van der Waals surface area contributed by atoms with Crippen LogP contribution in [-0.4, -0.2) is 36.6 Å². The van der Waals surface area contributed by atoms with Gasteiger partial charge in [0.05, 0.1) is 17.6 Å². The van der Waals surface area contributed by atoms with Gasteiger partial charge in [-0.25, -0.2) is 4.68 Å². The molecule has 0 aliphatic heterocycles. The lowest BCUT2D eigenvalue weighted by molar-refractivity contribution is 0.163. The molecule has 0 saturated heterocycles. The summed E-state index contributed by atoms with van der Waals surface area (Å²) in [5, 5.41) is 14.2. The second kappa shape index (κ2) is 11.4. The van der Waals surface area contributed by atoms with E-state index >= 15 is 0 Å². The number of hydrogen-bond donors (Lipinski definition) is 1. The molecule has 1 aliphatic carbocycles. The van der Waals surface area contributed by atoms with Gasteiger partial charge in [0.1, 0.15) is 0 Å². The number of nitrogens with zero attached hydrogens (tertiary/aromatic N) is 5. The van der Waals surface area contributed by atoms with Crippen molar-refractivity contribution in [3.05, 3.63) is 87.0 Å². The van der Waals surface area contributed by atoms with Crippen LogP contribution in [0, 0.1) is 13.8 Å². The molecule has 1 N–H and O–H groups in total. The van der Waals surface area contributed by atoms with E-state index in [1.807, 2.05) is 0 Å². The van der Waals surface area contributed by atoms with Gasteiger partial charge in [-0.05, 0) is 78.6 Å². The van der Waals surface area contributed by atoms with Gasteiger partial charge >= 0.3 is 0 Å². The minimum absolute atomic E-state index is 0.0187. The first kappa shape index (κ1) is 25.3. The highest BCUT2D eigenvalue weighted by Gasteiger charge is 2.30. The summed E-state index contributed by atoms with van der Waals surface area (Å²) in [6.07, 6.45) is 7.56. The maximum atomic E-state index is 13.3. The number of aromatic amines is 1. The molecule has 0 spiro atoms. The second-order valence-corrected chi connectivity index (χ2v) is 10.6. The van der Waals surface area contributed by atoms with Crippen LogP contribution >= 0.6 is 0 Å². The van der Waals surface area contributed by atoms with Crippen LogP contribution < -0.4 is 5.56 Å². The number of pyridine rings is 1. The molecule has 1 atom stereocenters. The molecule has 2 aromatic heterocycles. The van der Waals surface area contributed by atoms with Gasteiger partial charge < -0.3 is 4.98 Å². The molecule has 7 heteroatoms. The van der Waals surface area contributed by atoms with E-state index in [9.17, 15) is 4.79 Å². The Morgan fingerprint density at radius 1 is 1.11 bits per heavy atom. The van der Waals surface area contributed by atoms with E-state index in [1.165, 1.54) is 24.0 Å². The fourth-order valence-corrected chi connectivity index (χ4v) is 5.91. The van der Waals surface area contributed by atoms with Crippen LogP contribution in [0.15, 0.2) is 53.3 Å². The summed E-state index contributed by atoms with van der Waals surface area (Å²) >= 11 is 0. The lowest BCUT2D eigenvalue weighted by atomic mass is 10.0. The molecule has 37 heavy (non-hydrogen) atoms. The Morgan fingerprint density at radius 3 is 2.65 bits per heavy atom. The van der Waals surface area contributed by atoms with E-state index in [4.69, 9.17) is 0 Å². The van der Waals surface area contributed by atoms with Crippen molar-refractivity contribution < 1.29 is 0 Å². The molecule has 1 fully saturated rings. The lowest BCUT2D eigenvalue weighted by Gasteiger charge is -2.31. The molecule has 0 unspecified atom stereocenters. The summed E-state index contributed by atoms with van der Waals surface area (Å²) in [4.78, 5) is 18.9. The molecule has 0 radical (unpaired) electrons. The molecule has 194 valence electrons. The number of aryl methyl sites for hydroxylation is 2. The number of H-pyrrole nitrogens is 1. The van der Waals surface area contributed by atoms with Crippen LogP contribution in [-0.2, 0) is 13.0 Å². The van der Waals surface area contributed by atoms with Crippen LogP contribution in [0.4, 0.5) is 0 Å². The van der Waals surface area contributed by atoms with Crippen molar-refractivity contribution in [1.29, 1.82) is 0 Å². The van der Waals surface area contributed by atoms with Crippen LogP contribution in [0.5, 0.6) is 0 Å². The van der Waals surface area contributed by atoms with Crippen molar-refractivity contribution >= 4 is 10.9 Å². The van der Waals surface area contributed by atoms with Crippen LogP contribution in [0.3, 0.4) is 0 Å². The van der Waals surface area contributed by atoms with Gasteiger partial charge in [0.2, 0.25) is 0 Å². The zero-order chi connectivity index (χ0) is 25.8. The predicted molar refractivity (Wildman–Crippen MR) is 148 cm³/mol. The van der Waals surface area contributed by atoms with E-state index in [-0.39, 0.29) is 11.6 Å². The molecule has 0 bridgehead atoms. The molecular formula is C30H38N6O. The topological polar surface area (TPSA) is 79.7 Å². The van der Waals surface area contributed by atoms with Crippen LogP contribution in [0.25, 0.3) is 10.9 Å². The standard InChI is InChI=1S/C30H38N6O/c1-4-10-27(29-32-33-34-36(29)26-13-8-9-14-26)35(16-15-23-11-6-5-7-12-23)20-25-19-24-18-21(2)17-22(3)28(24)31-30(25)37/h5-7,11-12,17-19,26-27H,4,8-10,13-16,20H2,1-3H3,(H,31,37)/t27-/m1/s1. The van der Waals surface area contributed by atoms with Crippen molar-refractivity contribution in [2.45, 2.75) is 84.3 Å². The Kier molecular flexibility index (Phi) is 7.79. The third kappa shape index (κ3) is 5.67. The first-order valence-corrected chi connectivity index (χ1v) is 13.7. The van der Waals surface area contributed by atoms with E-state index in [0.717, 1.165) is 66.5 Å². The Balaban J connectivity index is 1.52. The number of rotatable bonds is 10. The SMILES string of the molecule is CCC[C@H](c1nnnn1C1CCCC1)N(CCc1ccccc1)Cc1cc2cc(C)cc(C)c2[nH]c1=O. The van der Waals surface area contributed by atoms with Gasteiger partial charge in [-0.15, -0.1) is 5.10 Å². The fourth-order valence-electron chi connectivity index (χ4n) is 5.91. The van der Waals surface area contributed by atoms with E-state index in [2.05, 4.69) is 99.4 Å². The number of tetrazole rings is 1. The molecular weight excluding hydrogens is 460 g/mol. The normalized spacial score (nSPS) is 15.1. The predicted octanol–water partition coefficient (Wildman–Crippen LogP) is 5.83. The third-order valence-corrected chi connectivity index (χ3v) is 7.76. The average Bonchev–Trinajstić information content (AvgIpc) is 3.59. The van der Waals surface area contributed by atoms with Crippen molar-refractivity contribution in [1.82, 2.24) is 30.1 Å². The zero-order valence-electron chi connectivity index (χ0n) is 22.3. The Labute approximate surface area is 218 Å². The highest BCUT2D eigenvalue weighted by Crippen LogP contribution is 2.33. The first-order valence-electron chi connectivity index (χ1n) is 13.7. The summed E-state index contributed by atoms with van der Waals surface area (Å²) in [6.45, 7) is 7.73. The van der Waals surface area contributed by atoms with Gasteiger partial charge in [0.25, 0.3) is 5.56 Å². The first-order chi connectivity index (χ1) is 18.0. The number of fused-ring (bicyclic) bond motifs is 1. The molecule has 1 saturated carbocycles. The largest absolute Gasteiger partial charge is 0.321 e. The Morgan fingerprint density at radius 2 is 1.89 bits per heavy atom. The molecule has 4 aromatic rings. The van der Waals surface area contributed by atoms with Crippen molar-refractivity contribution in [2.24, 2.45) is 0 Å².